The molecular formula is C16H16BrFO4S. The molecule has 0 N–H and O–H groups in total. The van der Waals surface area contributed by atoms with Crippen molar-refractivity contribution in [3.63, 3.8) is 0 Å². The minimum Gasteiger partial charge on any atom is -0.495 e. The number of halogens is 2. The lowest BCUT2D eigenvalue weighted by Gasteiger charge is -2.08. The summed E-state index contributed by atoms with van der Waals surface area (Å²) in [6.07, 6.45) is 0.0333. The molecule has 1 aromatic heterocycles. The van der Waals surface area contributed by atoms with E-state index in [2.05, 4.69) is 15.9 Å². The van der Waals surface area contributed by atoms with Gasteiger partial charge in [0.2, 0.25) is 0 Å². The Morgan fingerprint density at radius 3 is 2.70 bits per heavy atom. The van der Waals surface area contributed by atoms with Gasteiger partial charge in [-0.25, -0.2) is 4.39 Å². The van der Waals surface area contributed by atoms with E-state index in [-0.39, 0.29) is 23.3 Å². The van der Waals surface area contributed by atoms with Crippen LogP contribution in [0.4, 0.5) is 4.39 Å². The van der Waals surface area contributed by atoms with Crippen LogP contribution in [0.25, 0.3) is 10.1 Å². The number of hydrogen-bond donors (Lipinski definition) is 0. The number of rotatable bonds is 6. The highest BCUT2D eigenvalue weighted by Gasteiger charge is 2.22. The molecule has 0 saturated carbocycles. The second-order valence-corrected chi connectivity index (χ2v) is 6.89. The lowest BCUT2D eigenvalue weighted by molar-refractivity contribution is -0.147. The van der Waals surface area contributed by atoms with Crippen molar-refractivity contribution in [2.24, 2.45) is 5.92 Å². The van der Waals surface area contributed by atoms with Crippen molar-refractivity contribution < 1.29 is 23.5 Å². The molecule has 0 unspecified atom stereocenters. The average Bonchev–Trinajstić information content (AvgIpc) is 2.95. The van der Waals surface area contributed by atoms with E-state index in [9.17, 15) is 14.0 Å². The Labute approximate surface area is 145 Å². The van der Waals surface area contributed by atoms with Gasteiger partial charge in [0.15, 0.2) is 5.78 Å². The number of benzene rings is 1. The summed E-state index contributed by atoms with van der Waals surface area (Å²) < 4.78 is 25.1. The number of Topliss-reactive ketones (excluding diaryl/α,β-unsaturated/α-hetero) is 1. The zero-order valence-corrected chi connectivity index (χ0v) is 15.3. The number of thiophene rings is 1. The first-order valence-electron chi connectivity index (χ1n) is 7.04. The second-order valence-electron chi connectivity index (χ2n) is 5.01. The Bertz CT molecular complexity index is 756. The molecule has 2 rings (SSSR count). The Balaban J connectivity index is 2.28. The zero-order valence-electron chi connectivity index (χ0n) is 12.9. The third-order valence-electron chi connectivity index (χ3n) is 3.34. The molecule has 0 fully saturated rings. The lowest BCUT2D eigenvalue weighted by Crippen LogP contribution is -2.17. The molecular weight excluding hydrogens is 387 g/mol. The molecule has 0 aliphatic carbocycles. The molecule has 1 aromatic carbocycles. The highest BCUT2D eigenvalue weighted by Crippen LogP contribution is 2.38. The van der Waals surface area contributed by atoms with E-state index in [0.29, 0.717) is 20.7 Å². The number of carbonyl (C=O) groups excluding carboxylic acids is 2. The molecule has 0 aliphatic heterocycles. The quantitative estimate of drug-likeness (QED) is 0.523. The lowest BCUT2D eigenvalue weighted by atomic mass is 10.0. The van der Waals surface area contributed by atoms with Gasteiger partial charge in [-0.15, -0.1) is 11.3 Å². The molecule has 1 atom stereocenters. The molecule has 2 aromatic rings. The molecule has 7 heteroatoms. The molecule has 1 heterocycles. The van der Waals surface area contributed by atoms with Gasteiger partial charge in [-0.2, -0.15) is 0 Å². The summed E-state index contributed by atoms with van der Waals surface area (Å²) in [5.41, 5.74) is 0. The molecule has 0 amide bonds. The van der Waals surface area contributed by atoms with Crippen molar-refractivity contribution in [3.05, 3.63) is 27.3 Å². The van der Waals surface area contributed by atoms with E-state index in [1.165, 1.54) is 24.5 Å². The molecule has 0 spiro atoms. The van der Waals surface area contributed by atoms with Gasteiger partial charge in [0.05, 0.1) is 29.0 Å². The molecule has 23 heavy (non-hydrogen) atoms. The first-order valence-corrected chi connectivity index (χ1v) is 8.65. The molecule has 4 nitrogen and oxygen atoms in total. The Kier molecular flexibility index (Phi) is 5.75. The van der Waals surface area contributed by atoms with Crippen molar-refractivity contribution >= 4 is 49.1 Å². The predicted molar refractivity (Wildman–Crippen MR) is 90.8 cm³/mol. The van der Waals surface area contributed by atoms with Crippen LogP contribution >= 0.6 is 27.3 Å². The number of fused-ring (bicyclic) bond motifs is 1. The maximum atomic E-state index is 14.3. The van der Waals surface area contributed by atoms with Crippen LogP contribution in [0.1, 0.15) is 29.9 Å². The summed E-state index contributed by atoms with van der Waals surface area (Å²) in [6.45, 7) is 3.63. The standard InChI is InChI=1S/C16H16BrFO4S/c1-4-22-16(20)8(2)5-10(19)13-6-9-12(23-13)7-11(21-3)14(17)15(9)18/h6-8H,4-5H2,1-3H3/t8-/m0/s1. The minimum absolute atomic E-state index is 0.0333. The molecule has 0 radical (unpaired) electrons. The van der Waals surface area contributed by atoms with Crippen LogP contribution in [0.15, 0.2) is 16.6 Å². The highest BCUT2D eigenvalue weighted by atomic mass is 79.9. The van der Waals surface area contributed by atoms with E-state index in [4.69, 9.17) is 9.47 Å². The first kappa shape index (κ1) is 17.9. The largest absolute Gasteiger partial charge is 0.495 e. The maximum Gasteiger partial charge on any atom is 0.309 e. The number of esters is 1. The zero-order chi connectivity index (χ0) is 17.1. The van der Waals surface area contributed by atoms with Gasteiger partial charge in [0.1, 0.15) is 11.6 Å². The van der Waals surface area contributed by atoms with E-state index in [1.807, 2.05) is 0 Å². The average molecular weight is 403 g/mol. The van der Waals surface area contributed by atoms with Crippen LogP contribution in [0, 0.1) is 11.7 Å². The van der Waals surface area contributed by atoms with E-state index in [0.717, 1.165) is 0 Å². The number of carbonyl (C=O) groups is 2. The van der Waals surface area contributed by atoms with Crippen molar-refractivity contribution in [2.75, 3.05) is 13.7 Å². The second kappa shape index (κ2) is 7.40. The van der Waals surface area contributed by atoms with E-state index < -0.39 is 17.7 Å². The van der Waals surface area contributed by atoms with Crippen molar-refractivity contribution in [2.45, 2.75) is 20.3 Å². The van der Waals surface area contributed by atoms with Crippen molar-refractivity contribution in [1.29, 1.82) is 0 Å². The summed E-state index contributed by atoms with van der Waals surface area (Å²) in [5.74, 6) is -1.23. The van der Waals surface area contributed by atoms with Crippen LogP contribution in [0.2, 0.25) is 0 Å². The topological polar surface area (TPSA) is 52.6 Å². The van der Waals surface area contributed by atoms with Crippen LogP contribution in [0.5, 0.6) is 5.75 Å². The van der Waals surface area contributed by atoms with Gasteiger partial charge in [0, 0.05) is 16.5 Å². The molecule has 0 saturated heterocycles. The van der Waals surface area contributed by atoms with Gasteiger partial charge in [0.25, 0.3) is 0 Å². The van der Waals surface area contributed by atoms with Gasteiger partial charge >= 0.3 is 5.97 Å². The summed E-state index contributed by atoms with van der Waals surface area (Å²) in [4.78, 5) is 24.3. The Morgan fingerprint density at radius 1 is 1.39 bits per heavy atom. The molecule has 0 aliphatic rings. The normalized spacial score (nSPS) is 12.2. The SMILES string of the molecule is CCOC(=O)[C@@H](C)CC(=O)c1cc2c(F)c(Br)c(OC)cc2s1. The van der Waals surface area contributed by atoms with Crippen LogP contribution in [0.3, 0.4) is 0 Å². The highest BCUT2D eigenvalue weighted by molar-refractivity contribution is 9.10. The first-order chi connectivity index (χ1) is 10.9. The fraction of sp³-hybridized carbons (Fsp3) is 0.375. The third-order valence-corrected chi connectivity index (χ3v) is 5.21. The number of ketones is 1. The maximum absolute atomic E-state index is 14.3. The van der Waals surface area contributed by atoms with Crippen LogP contribution in [-0.2, 0) is 9.53 Å². The minimum atomic E-state index is -0.529. The Hall–Kier alpha value is -1.47. The molecule has 0 bridgehead atoms. The van der Waals surface area contributed by atoms with Gasteiger partial charge in [-0.1, -0.05) is 6.92 Å². The summed E-state index contributed by atoms with van der Waals surface area (Å²) >= 11 is 4.33. The van der Waals surface area contributed by atoms with Gasteiger partial charge in [-0.05, 0) is 35.0 Å². The summed E-state index contributed by atoms with van der Waals surface area (Å²) in [7, 11) is 1.45. The van der Waals surface area contributed by atoms with Crippen LogP contribution < -0.4 is 4.74 Å². The third kappa shape index (κ3) is 3.72. The number of ether oxygens (including phenoxy) is 2. The molecule has 124 valence electrons. The Morgan fingerprint density at radius 2 is 2.09 bits per heavy atom. The number of hydrogen-bond acceptors (Lipinski definition) is 5. The monoisotopic (exact) mass is 402 g/mol. The van der Waals surface area contributed by atoms with Crippen molar-refractivity contribution in [1.82, 2.24) is 0 Å². The fourth-order valence-corrected chi connectivity index (χ4v) is 3.65. The van der Waals surface area contributed by atoms with Crippen LogP contribution in [-0.4, -0.2) is 25.5 Å². The number of methoxy groups -OCH3 is 1. The van der Waals surface area contributed by atoms with E-state index >= 15 is 0 Å². The smallest absolute Gasteiger partial charge is 0.309 e. The van der Waals surface area contributed by atoms with Crippen molar-refractivity contribution in [3.8, 4) is 5.75 Å². The fourth-order valence-electron chi connectivity index (χ4n) is 2.13. The summed E-state index contributed by atoms with van der Waals surface area (Å²) in [5, 5.41) is 0.356. The predicted octanol–water partition coefficient (Wildman–Crippen LogP) is 4.58. The van der Waals surface area contributed by atoms with E-state index in [1.54, 1.807) is 19.9 Å². The summed E-state index contributed by atoms with van der Waals surface area (Å²) in [6, 6.07) is 3.19. The van der Waals surface area contributed by atoms with Gasteiger partial charge in [-0.3, -0.25) is 9.59 Å². The van der Waals surface area contributed by atoms with Gasteiger partial charge < -0.3 is 9.47 Å².